The van der Waals surface area contributed by atoms with Crippen LogP contribution in [0.15, 0.2) is 68.2 Å². The molecule has 1 rings (SSSR count). The number of allylic oxidation sites excluding steroid dienone is 4. The first-order valence-electron chi connectivity index (χ1n) is 6.47. The molecule has 0 saturated carbocycles. The van der Waals surface area contributed by atoms with E-state index in [1.165, 1.54) is 21.6 Å². The van der Waals surface area contributed by atoms with Gasteiger partial charge in [0.25, 0.3) is 0 Å². The van der Waals surface area contributed by atoms with Gasteiger partial charge in [0.2, 0.25) is 5.12 Å². The van der Waals surface area contributed by atoms with Gasteiger partial charge in [0.1, 0.15) is 0 Å². The molecule has 0 aliphatic carbocycles. The standard InChI is InChI=1S/C17H20OS3/c1-12(2)17(18)21-16-9-7-6-8-15(16)20-14(4)11-10-13(3)19-5/h6-11H,1H2,2-5H3/b13-10+,14-11+. The largest absolute Gasteiger partial charge is 0.282 e. The molecule has 0 unspecified atom stereocenters. The van der Waals surface area contributed by atoms with Gasteiger partial charge in [0, 0.05) is 9.79 Å². The summed E-state index contributed by atoms with van der Waals surface area (Å²) in [5.41, 5.74) is 0.575. The predicted molar refractivity (Wildman–Crippen MR) is 99.0 cm³/mol. The van der Waals surface area contributed by atoms with E-state index >= 15 is 0 Å². The normalized spacial score (nSPS) is 12.4. The van der Waals surface area contributed by atoms with Gasteiger partial charge in [-0.05, 0) is 66.3 Å². The second-order valence-corrected chi connectivity index (χ2v) is 7.83. The molecular weight excluding hydrogens is 316 g/mol. The maximum atomic E-state index is 11.8. The first kappa shape index (κ1) is 18.2. The van der Waals surface area contributed by atoms with Crippen molar-refractivity contribution in [2.24, 2.45) is 0 Å². The summed E-state index contributed by atoms with van der Waals surface area (Å²) in [6, 6.07) is 7.97. The zero-order chi connectivity index (χ0) is 15.8. The van der Waals surface area contributed by atoms with Gasteiger partial charge in [0.05, 0.1) is 0 Å². The Morgan fingerprint density at radius 3 is 2.05 bits per heavy atom. The average molecular weight is 337 g/mol. The molecule has 0 spiro atoms. The number of benzene rings is 1. The summed E-state index contributed by atoms with van der Waals surface area (Å²) in [6.07, 6.45) is 6.29. The summed E-state index contributed by atoms with van der Waals surface area (Å²) >= 11 is 4.66. The fourth-order valence-corrected chi connectivity index (χ4v) is 3.26. The van der Waals surface area contributed by atoms with Crippen LogP contribution in [0.4, 0.5) is 0 Å². The van der Waals surface area contributed by atoms with Crippen LogP contribution in [0.2, 0.25) is 0 Å². The molecule has 21 heavy (non-hydrogen) atoms. The van der Waals surface area contributed by atoms with Crippen molar-refractivity contribution in [1.82, 2.24) is 0 Å². The molecule has 112 valence electrons. The average Bonchev–Trinajstić information content (AvgIpc) is 2.46. The molecule has 0 bridgehead atoms. The first-order chi connectivity index (χ1) is 9.93. The molecule has 1 aromatic rings. The van der Waals surface area contributed by atoms with Crippen molar-refractivity contribution in [3.63, 3.8) is 0 Å². The van der Waals surface area contributed by atoms with Gasteiger partial charge in [0.15, 0.2) is 0 Å². The Morgan fingerprint density at radius 1 is 1.00 bits per heavy atom. The number of carbonyl (C=O) groups is 1. The number of thioether (sulfide) groups is 3. The molecule has 1 nitrogen and oxygen atoms in total. The minimum absolute atomic E-state index is 0.0165. The monoisotopic (exact) mass is 336 g/mol. The van der Waals surface area contributed by atoms with Crippen molar-refractivity contribution < 1.29 is 4.79 Å². The fourth-order valence-electron chi connectivity index (χ4n) is 1.32. The Kier molecular flexibility index (Phi) is 8.01. The molecule has 0 saturated heterocycles. The van der Waals surface area contributed by atoms with Crippen LogP contribution in [0.1, 0.15) is 20.8 Å². The van der Waals surface area contributed by atoms with Crippen molar-refractivity contribution in [3.05, 3.63) is 58.4 Å². The van der Waals surface area contributed by atoms with Gasteiger partial charge in [-0.25, -0.2) is 0 Å². The number of hydrogen-bond donors (Lipinski definition) is 0. The highest BCUT2D eigenvalue weighted by atomic mass is 32.2. The van der Waals surface area contributed by atoms with Crippen LogP contribution in [0.5, 0.6) is 0 Å². The Morgan fingerprint density at radius 2 is 1.52 bits per heavy atom. The van der Waals surface area contributed by atoms with E-state index in [1.54, 1.807) is 30.4 Å². The van der Waals surface area contributed by atoms with E-state index < -0.39 is 0 Å². The van der Waals surface area contributed by atoms with E-state index in [4.69, 9.17) is 0 Å². The van der Waals surface area contributed by atoms with E-state index in [1.807, 2.05) is 24.3 Å². The highest BCUT2D eigenvalue weighted by Gasteiger charge is 2.10. The van der Waals surface area contributed by atoms with Gasteiger partial charge >= 0.3 is 0 Å². The second-order valence-electron chi connectivity index (χ2n) is 4.48. The fraction of sp³-hybridized carbons (Fsp3) is 0.235. The summed E-state index contributed by atoms with van der Waals surface area (Å²) in [5.74, 6) is 0. The van der Waals surface area contributed by atoms with Crippen LogP contribution in [0.3, 0.4) is 0 Å². The van der Waals surface area contributed by atoms with E-state index in [-0.39, 0.29) is 5.12 Å². The van der Waals surface area contributed by atoms with Gasteiger partial charge < -0.3 is 0 Å². The molecule has 0 N–H and O–H groups in total. The van der Waals surface area contributed by atoms with Gasteiger partial charge in [-0.15, -0.1) is 11.8 Å². The molecule has 0 amide bonds. The third-order valence-corrected chi connectivity index (χ3v) is 5.60. The van der Waals surface area contributed by atoms with Gasteiger partial charge in [-0.1, -0.05) is 42.6 Å². The van der Waals surface area contributed by atoms with Crippen LogP contribution in [-0.4, -0.2) is 11.4 Å². The Labute approximate surface area is 140 Å². The lowest BCUT2D eigenvalue weighted by atomic mass is 10.4. The topological polar surface area (TPSA) is 17.1 Å². The Balaban J connectivity index is 2.89. The van der Waals surface area contributed by atoms with E-state index in [0.29, 0.717) is 5.57 Å². The summed E-state index contributed by atoms with van der Waals surface area (Å²) in [4.78, 5) is 16.4. The molecule has 0 radical (unpaired) electrons. The van der Waals surface area contributed by atoms with Crippen molar-refractivity contribution in [3.8, 4) is 0 Å². The zero-order valence-corrected chi connectivity index (χ0v) is 15.3. The van der Waals surface area contributed by atoms with Crippen molar-refractivity contribution >= 4 is 40.4 Å². The minimum Gasteiger partial charge on any atom is -0.282 e. The van der Waals surface area contributed by atoms with Crippen molar-refractivity contribution in [2.45, 2.75) is 30.6 Å². The van der Waals surface area contributed by atoms with Crippen LogP contribution in [0, 0.1) is 0 Å². The number of hydrogen-bond acceptors (Lipinski definition) is 4. The SMILES string of the molecule is C=C(C)C(=O)Sc1ccccc1S/C(C)=C/C=C(\C)SC. The summed E-state index contributed by atoms with van der Waals surface area (Å²) in [7, 11) is 0. The van der Waals surface area contributed by atoms with Crippen LogP contribution in [0.25, 0.3) is 0 Å². The molecule has 0 aromatic heterocycles. The lowest BCUT2D eigenvalue weighted by molar-refractivity contribution is -0.107. The van der Waals surface area contributed by atoms with Crippen LogP contribution in [-0.2, 0) is 4.79 Å². The van der Waals surface area contributed by atoms with E-state index in [2.05, 4.69) is 38.8 Å². The number of rotatable bonds is 6. The lowest BCUT2D eigenvalue weighted by Gasteiger charge is -2.08. The Hall–Kier alpha value is -0.840. The maximum absolute atomic E-state index is 11.8. The molecule has 1 aromatic carbocycles. The second kappa shape index (κ2) is 9.23. The van der Waals surface area contributed by atoms with Crippen molar-refractivity contribution in [1.29, 1.82) is 0 Å². The summed E-state index contributed by atoms with van der Waals surface area (Å²) in [5, 5.41) is 0.0165. The molecule has 0 atom stereocenters. The third kappa shape index (κ3) is 6.64. The molecule has 0 aliphatic heterocycles. The van der Waals surface area contributed by atoms with E-state index in [9.17, 15) is 4.79 Å². The molecule has 0 fully saturated rings. The van der Waals surface area contributed by atoms with Crippen molar-refractivity contribution in [2.75, 3.05) is 6.26 Å². The summed E-state index contributed by atoms with van der Waals surface area (Å²) in [6.45, 7) is 9.62. The van der Waals surface area contributed by atoms with Crippen LogP contribution < -0.4 is 0 Å². The smallest absolute Gasteiger partial charge is 0.219 e. The molecular formula is C17H20OS3. The molecule has 0 aliphatic rings. The van der Waals surface area contributed by atoms with Gasteiger partial charge in [-0.3, -0.25) is 4.79 Å². The van der Waals surface area contributed by atoms with E-state index in [0.717, 1.165) is 9.79 Å². The highest BCUT2D eigenvalue weighted by Crippen LogP contribution is 2.36. The third-order valence-electron chi connectivity index (χ3n) is 2.55. The Bertz CT molecular complexity index is 585. The number of carbonyl (C=O) groups excluding carboxylic acids is 1. The quantitative estimate of drug-likeness (QED) is 0.352. The highest BCUT2D eigenvalue weighted by molar-refractivity contribution is 8.14. The first-order valence-corrected chi connectivity index (χ1v) is 9.33. The molecule has 0 heterocycles. The predicted octanol–water partition coefficient (Wildman–Crippen LogP) is 6.14. The lowest BCUT2D eigenvalue weighted by Crippen LogP contribution is -1.92. The van der Waals surface area contributed by atoms with Crippen LogP contribution >= 0.6 is 35.3 Å². The zero-order valence-electron chi connectivity index (χ0n) is 12.8. The summed E-state index contributed by atoms with van der Waals surface area (Å²) < 4.78 is 0. The van der Waals surface area contributed by atoms with Gasteiger partial charge in [-0.2, -0.15) is 0 Å². The minimum atomic E-state index is 0.0165. The molecule has 4 heteroatoms. The maximum Gasteiger partial charge on any atom is 0.219 e.